The lowest BCUT2D eigenvalue weighted by atomic mass is 10.2. The van der Waals surface area contributed by atoms with E-state index in [1.807, 2.05) is 43.8 Å². The molecular weight excluding hydrogens is 240 g/mol. The molecule has 0 atom stereocenters. The van der Waals surface area contributed by atoms with Gasteiger partial charge in [-0.15, -0.1) is 11.8 Å². The van der Waals surface area contributed by atoms with Crippen molar-refractivity contribution < 1.29 is 4.74 Å². The Bertz CT molecular complexity index is 479. The van der Waals surface area contributed by atoms with Gasteiger partial charge in [-0.3, -0.25) is 0 Å². The molecule has 2 aromatic carbocycles. The zero-order chi connectivity index (χ0) is 12.8. The molecule has 0 aliphatic rings. The lowest BCUT2D eigenvalue weighted by molar-refractivity contribution is 0.242. The third kappa shape index (κ3) is 4.11. The van der Waals surface area contributed by atoms with Crippen LogP contribution in [0.15, 0.2) is 59.5 Å². The van der Waals surface area contributed by atoms with E-state index in [1.54, 1.807) is 0 Å². The lowest BCUT2D eigenvalue weighted by Gasteiger charge is -2.10. The maximum absolute atomic E-state index is 5.69. The second kappa shape index (κ2) is 6.50. The van der Waals surface area contributed by atoms with E-state index in [2.05, 4.69) is 36.4 Å². The summed E-state index contributed by atoms with van der Waals surface area (Å²) in [5.74, 6) is 1.94. The number of ether oxygens (including phenoxy) is 1. The summed E-state index contributed by atoms with van der Waals surface area (Å²) >= 11 is 1.83. The number of thioether (sulfide) groups is 1. The summed E-state index contributed by atoms with van der Waals surface area (Å²) in [6.07, 6.45) is 0.222. The van der Waals surface area contributed by atoms with E-state index in [4.69, 9.17) is 4.74 Å². The first kappa shape index (κ1) is 13.0. The maximum atomic E-state index is 5.69. The van der Waals surface area contributed by atoms with Gasteiger partial charge >= 0.3 is 0 Å². The lowest BCUT2D eigenvalue weighted by Crippen LogP contribution is -2.05. The summed E-state index contributed by atoms with van der Waals surface area (Å²) in [7, 11) is 0. The van der Waals surface area contributed by atoms with Crippen LogP contribution < -0.4 is 4.74 Å². The summed E-state index contributed by atoms with van der Waals surface area (Å²) in [6, 6.07) is 18.8. The van der Waals surface area contributed by atoms with Crippen molar-refractivity contribution in [2.75, 3.05) is 0 Å². The van der Waals surface area contributed by atoms with Crippen LogP contribution in [0.3, 0.4) is 0 Å². The smallest absolute Gasteiger partial charge is 0.120 e. The van der Waals surface area contributed by atoms with Crippen LogP contribution in [0.1, 0.15) is 19.4 Å². The fourth-order valence-corrected chi connectivity index (χ4v) is 2.55. The van der Waals surface area contributed by atoms with Crippen LogP contribution in [-0.4, -0.2) is 6.10 Å². The predicted octanol–water partition coefficient (Wildman–Crippen LogP) is 4.77. The highest BCUT2D eigenvalue weighted by molar-refractivity contribution is 7.98. The fraction of sp³-hybridized carbons (Fsp3) is 0.250. The molecule has 2 rings (SSSR count). The van der Waals surface area contributed by atoms with Crippen LogP contribution in [0, 0.1) is 0 Å². The number of rotatable bonds is 5. The number of hydrogen-bond acceptors (Lipinski definition) is 2. The van der Waals surface area contributed by atoms with Gasteiger partial charge in [0.1, 0.15) is 5.75 Å². The molecule has 18 heavy (non-hydrogen) atoms. The molecule has 0 radical (unpaired) electrons. The topological polar surface area (TPSA) is 9.23 Å². The van der Waals surface area contributed by atoms with E-state index in [1.165, 1.54) is 10.5 Å². The average Bonchev–Trinajstić information content (AvgIpc) is 2.37. The molecule has 0 aliphatic carbocycles. The van der Waals surface area contributed by atoms with Crippen molar-refractivity contribution in [1.29, 1.82) is 0 Å². The van der Waals surface area contributed by atoms with Gasteiger partial charge in [-0.1, -0.05) is 36.4 Å². The molecule has 0 heterocycles. The van der Waals surface area contributed by atoms with E-state index in [0.29, 0.717) is 0 Å². The molecule has 0 unspecified atom stereocenters. The van der Waals surface area contributed by atoms with Crippen molar-refractivity contribution in [3.8, 4) is 5.75 Å². The Labute approximate surface area is 113 Å². The molecule has 0 fully saturated rings. The van der Waals surface area contributed by atoms with Crippen LogP contribution in [0.2, 0.25) is 0 Å². The molecule has 0 bridgehead atoms. The summed E-state index contributed by atoms with van der Waals surface area (Å²) in [4.78, 5) is 1.25. The molecule has 2 aromatic rings. The van der Waals surface area contributed by atoms with Gasteiger partial charge in [-0.2, -0.15) is 0 Å². The quantitative estimate of drug-likeness (QED) is 0.715. The molecule has 94 valence electrons. The van der Waals surface area contributed by atoms with Gasteiger partial charge < -0.3 is 4.74 Å². The molecule has 0 N–H and O–H groups in total. The summed E-state index contributed by atoms with van der Waals surface area (Å²) in [5, 5.41) is 0. The molecule has 0 aliphatic heterocycles. The molecular formula is C16H18OS. The van der Waals surface area contributed by atoms with Gasteiger partial charge in [0.05, 0.1) is 6.10 Å². The fourth-order valence-electron chi connectivity index (χ4n) is 1.65. The molecule has 0 saturated carbocycles. The molecule has 0 amide bonds. The van der Waals surface area contributed by atoms with E-state index in [-0.39, 0.29) is 6.10 Å². The second-order valence-electron chi connectivity index (χ2n) is 4.42. The standard InChI is InChI=1S/C16H18OS/c1-13(2)17-15-9-6-10-16(11-15)18-12-14-7-4-3-5-8-14/h3-11,13H,12H2,1-2H3. The van der Waals surface area contributed by atoms with Crippen molar-refractivity contribution >= 4 is 11.8 Å². The molecule has 1 nitrogen and oxygen atoms in total. The monoisotopic (exact) mass is 258 g/mol. The third-order valence-corrected chi connectivity index (χ3v) is 3.49. The van der Waals surface area contributed by atoms with Gasteiger partial charge in [-0.25, -0.2) is 0 Å². The number of hydrogen-bond donors (Lipinski definition) is 0. The Hall–Kier alpha value is -1.41. The largest absolute Gasteiger partial charge is 0.491 e. The van der Waals surface area contributed by atoms with Crippen molar-refractivity contribution in [3.05, 3.63) is 60.2 Å². The number of benzene rings is 2. The van der Waals surface area contributed by atoms with Gasteiger partial charge in [0, 0.05) is 10.6 Å². The van der Waals surface area contributed by atoms with Gasteiger partial charge in [0.2, 0.25) is 0 Å². The molecule has 2 heteroatoms. The normalized spacial score (nSPS) is 10.6. The first-order valence-corrected chi connectivity index (χ1v) is 7.16. The van der Waals surface area contributed by atoms with Crippen molar-refractivity contribution in [2.45, 2.75) is 30.6 Å². The van der Waals surface area contributed by atoms with Gasteiger partial charge in [-0.05, 0) is 37.6 Å². The van der Waals surface area contributed by atoms with Crippen molar-refractivity contribution in [3.63, 3.8) is 0 Å². The highest BCUT2D eigenvalue weighted by Crippen LogP contribution is 2.26. The maximum Gasteiger partial charge on any atom is 0.120 e. The molecule has 0 spiro atoms. The van der Waals surface area contributed by atoms with Crippen LogP contribution in [0.4, 0.5) is 0 Å². The minimum Gasteiger partial charge on any atom is -0.491 e. The van der Waals surface area contributed by atoms with Crippen LogP contribution in [-0.2, 0) is 5.75 Å². The van der Waals surface area contributed by atoms with Crippen molar-refractivity contribution in [1.82, 2.24) is 0 Å². The van der Waals surface area contributed by atoms with Gasteiger partial charge in [0.25, 0.3) is 0 Å². The van der Waals surface area contributed by atoms with E-state index in [0.717, 1.165) is 11.5 Å². The summed E-state index contributed by atoms with van der Waals surface area (Å²) < 4.78 is 5.69. The Morgan fingerprint density at radius 2 is 1.78 bits per heavy atom. The predicted molar refractivity (Wildman–Crippen MR) is 78.2 cm³/mol. The van der Waals surface area contributed by atoms with Crippen LogP contribution >= 0.6 is 11.8 Å². The minimum atomic E-state index is 0.222. The van der Waals surface area contributed by atoms with E-state index < -0.39 is 0 Å². The highest BCUT2D eigenvalue weighted by atomic mass is 32.2. The Kier molecular flexibility index (Phi) is 4.71. The molecule has 0 aromatic heterocycles. The average molecular weight is 258 g/mol. The SMILES string of the molecule is CC(C)Oc1cccc(SCc2ccccc2)c1. The zero-order valence-electron chi connectivity index (χ0n) is 10.8. The van der Waals surface area contributed by atoms with Crippen molar-refractivity contribution in [2.24, 2.45) is 0 Å². The Morgan fingerprint density at radius 1 is 1.00 bits per heavy atom. The molecule has 0 saturated heterocycles. The first-order chi connectivity index (χ1) is 8.74. The second-order valence-corrected chi connectivity index (χ2v) is 5.46. The van der Waals surface area contributed by atoms with Crippen LogP contribution in [0.5, 0.6) is 5.75 Å². The highest BCUT2D eigenvalue weighted by Gasteiger charge is 2.00. The van der Waals surface area contributed by atoms with Crippen LogP contribution in [0.25, 0.3) is 0 Å². The zero-order valence-corrected chi connectivity index (χ0v) is 11.6. The third-order valence-electron chi connectivity index (χ3n) is 2.43. The Morgan fingerprint density at radius 3 is 2.50 bits per heavy atom. The summed E-state index contributed by atoms with van der Waals surface area (Å²) in [6.45, 7) is 4.09. The summed E-state index contributed by atoms with van der Waals surface area (Å²) in [5.41, 5.74) is 1.35. The van der Waals surface area contributed by atoms with E-state index in [9.17, 15) is 0 Å². The van der Waals surface area contributed by atoms with E-state index >= 15 is 0 Å². The van der Waals surface area contributed by atoms with Gasteiger partial charge in [0.15, 0.2) is 0 Å². The Balaban J connectivity index is 1.97. The minimum absolute atomic E-state index is 0.222. The first-order valence-electron chi connectivity index (χ1n) is 6.17.